The van der Waals surface area contributed by atoms with Crippen LogP contribution in [-0.2, 0) is 0 Å². The average Bonchev–Trinajstić information content (AvgIpc) is 3.68. The molecule has 0 aromatic heterocycles. The highest BCUT2D eigenvalue weighted by atomic mass is 14.9. The van der Waals surface area contributed by atoms with Crippen molar-refractivity contribution in [1.82, 2.24) is 5.32 Å². The Hall–Kier alpha value is -1.71. The van der Waals surface area contributed by atoms with Gasteiger partial charge in [0.1, 0.15) is 0 Å². The summed E-state index contributed by atoms with van der Waals surface area (Å²) >= 11 is 0. The number of allylic oxidation sites excluding steroid dienone is 8. The van der Waals surface area contributed by atoms with E-state index in [0.29, 0.717) is 35.8 Å². The lowest BCUT2D eigenvalue weighted by molar-refractivity contribution is 0.0522. The molecule has 0 radical (unpaired) electrons. The highest BCUT2D eigenvalue weighted by Gasteiger charge is 2.43. The molecule has 11 unspecified atom stereocenters. The molecule has 6 aliphatic carbocycles. The molecule has 3 fully saturated rings. The van der Waals surface area contributed by atoms with E-state index in [-0.39, 0.29) is 0 Å². The first kappa shape index (κ1) is 35.7. The van der Waals surface area contributed by atoms with E-state index in [1.807, 2.05) is 0 Å². The van der Waals surface area contributed by atoms with Gasteiger partial charge >= 0.3 is 0 Å². The zero-order valence-electron chi connectivity index (χ0n) is 31.2. The monoisotopic (exact) mass is 666 g/mol. The molecular formula is C46H71N3. The van der Waals surface area contributed by atoms with Crippen LogP contribution in [0.4, 0.5) is 0 Å². The summed E-state index contributed by atoms with van der Waals surface area (Å²) in [7, 11) is 0. The number of hydrogen-bond acceptors (Lipinski definition) is 3. The molecule has 3 heteroatoms. The van der Waals surface area contributed by atoms with Gasteiger partial charge in [0.15, 0.2) is 0 Å². The Kier molecular flexibility index (Phi) is 12.9. The zero-order chi connectivity index (χ0) is 33.4. The Balaban J connectivity index is 1.03. The summed E-state index contributed by atoms with van der Waals surface area (Å²) in [4.78, 5) is 4.43. The molecule has 3 N–H and O–H groups in total. The van der Waals surface area contributed by atoms with E-state index in [9.17, 15) is 0 Å². The van der Waals surface area contributed by atoms with E-state index < -0.39 is 0 Å². The van der Waals surface area contributed by atoms with Crippen molar-refractivity contribution < 1.29 is 0 Å². The molecule has 0 amide bonds. The van der Waals surface area contributed by atoms with Crippen molar-refractivity contribution in [3.8, 4) is 0 Å². The average molecular weight is 666 g/mol. The topological polar surface area (TPSA) is 50.4 Å². The number of aliphatic imine (C=N–C) groups is 1. The number of nitrogens with two attached hydrogens (primary N) is 1. The van der Waals surface area contributed by atoms with Crippen LogP contribution < -0.4 is 11.1 Å². The zero-order valence-corrected chi connectivity index (χ0v) is 31.2. The van der Waals surface area contributed by atoms with Crippen LogP contribution in [0.15, 0.2) is 65.2 Å². The van der Waals surface area contributed by atoms with Crippen molar-refractivity contribution in [2.45, 2.75) is 141 Å². The minimum Gasteiger partial charge on any atom is -0.327 e. The smallest absolute Gasteiger partial charge is 0.0451 e. The van der Waals surface area contributed by atoms with Gasteiger partial charge in [0.25, 0.3) is 0 Å². The van der Waals surface area contributed by atoms with Gasteiger partial charge in [-0.25, -0.2) is 0 Å². The summed E-state index contributed by atoms with van der Waals surface area (Å²) in [5, 5.41) is 4.24. The van der Waals surface area contributed by atoms with Gasteiger partial charge in [-0.2, -0.15) is 0 Å². The number of fused-ring (bicyclic) bond motifs is 2. The molecule has 0 aromatic carbocycles. The molecule has 0 spiro atoms. The van der Waals surface area contributed by atoms with Crippen LogP contribution in [0.5, 0.6) is 0 Å². The largest absolute Gasteiger partial charge is 0.327 e. The first-order valence-corrected chi connectivity index (χ1v) is 21.4. The maximum Gasteiger partial charge on any atom is 0.0451 e. The van der Waals surface area contributed by atoms with E-state index in [4.69, 9.17) is 5.73 Å². The van der Waals surface area contributed by atoms with Gasteiger partial charge in [0.2, 0.25) is 0 Å². The van der Waals surface area contributed by atoms with Crippen LogP contribution in [0.2, 0.25) is 0 Å². The third-order valence-electron chi connectivity index (χ3n) is 15.0. The van der Waals surface area contributed by atoms with Crippen LogP contribution in [0.3, 0.4) is 0 Å². The van der Waals surface area contributed by atoms with Crippen molar-refractivity contribution in [1.29, 1.82) is 0 Å². The molecule has 0 saturated heterocycles. The lowest BCUT2D eigenvalue weighted by Crippen LogP contribution is -2.45. The van der Waals surface area contributed by atoms with Gasteiger partial charge < -0.3 is 11.1 Å². The summed E-state index contributed by atoms with van der Waals surface area (Å²) in [6.45, 7) is 4.69. The highest BCUT2D eigenvalue weighted by Crippen LogP contribution is 2.50. The number of rotatable bonds is 12. The second-order valence-corrected chi connectivity index (χ2v) is 17.9. The molecule has 1 heterocycles. The van der Waals surface area contributed by atoms with Crippen molar-refractivity contribution in [2.24, 2.45) is 75.8 Å². The summed E-state index contributed by atoms with van der Waals surface area (Å²) in [5.74, 6) is 8.48. The number of hydrogen-bond donors (Lipinski definition) is 2. The third kappa shape index (κ3) is 9.03. The summed E-state index contributed by atoms with van der Waals surface area (Å²) in [6.07, 6.45) is 50.4. The number of nitrogens with one attached hydrogen (secondary N) is 1. The lowest BCUT2D eigenvalue weighted by Gasteiger charge is -2.48. The Bertz CT molecular complexity index is 1210. The fourth-order valence-corrected chi connectivity index (χ4v) is 12.2. The first-order chi connectivity index (χ1) is 24.1. The molecule has 0 bridgehead atoms. The predicted octanol–water partition coefficient (Wildman–Crippen LogP) is 10.8. The maximum absolute atomic E-state index is 7.03. The van der Waals surface area contributed by atoms with E-state index >= 15 is 0 Å². The molecule has 270 valence electrons. The van der Waals surface area contributed by atoms with Crippen LogP contribution >= 0.6 is 0 Å². The fourth-order valence-electron chi connectivity index (χ4n) is 12.2. The molecule has 3 nitrogen and oxygen atoms in total. The molecule has 1 aliphatic heterocycles. The predicted molar refractivity (Wildman–Crippen MR) is 210 cm³/mol. The van der Waals surface area contributed by atoms with E-state index in [0.717, 1.165) is 60.8 Å². The van der Waals surface area contributed by atoms with E-state index in [1.165, 1.54) is 116 Å². The molecule has 7 rings (SSSR count). The van der Waals surface area contributed by atoms with Crippen LogP contribution in [-0.4, -0.2) is 31.4 Å². The number of nitrogens with zero attached hydrogens (tertiary/aromatic N) is 1. The van der Waals surface area contributed by atoms with Gasteiger partial charge in [0, 0.05) is 24.5 Å². The van der Waals surface area contributed by atoms with Gasteiger partial charge in [-0.05, 0) is 188 Å². The minimum atomic E-state index is 0.313. The second kappa shape index (κ2) is 17.7. The van der Waals surface area contributed by atoms with E-state index in [1.54, 1.807) is 5.57 Å². The van der Waals surface area contributed by atoms with Gasteiger partial charge in [-0.1, -0.05) is 73.1 Å². The van der Waals surface area contributed by atoms with E-state index in [2.05, 4.69) is 78.1 Å². The van der Waals surface area contributed by atoms with Crippen LogP contribution in [0.1, 0.15) is 129 Å². The molecule has 7 aliphatic rings. The standard InChI is InChI=1S/C46H71N3/c1-33(40-26-27-45(44-20-10-9-19-43(40)44)46(47)21-11-12-34-28-29-48-31-34)22-23-38(32-49-39-25-24-35-13-5-6-16-37(35)30-39)42-18-8-7-17-41(42)36-14-3-2-4-15-36/h3,6,8,11-12,14,16,18,22,29,34-46,49H,2,4-5,7,9-10,13,15,17,19-21,23-28,30-32,47H2,1H3/b12-11+,33-22+/t34?,35?,36?,37?,38?,39?,40?,41?,42-,43?,44?,45?,46+/m1/s1. The molecular weight excluding hydrogens is 595 g/mol. The minimum absolute atomic E-state index is 0.313. The Morgan fingerprint density at radius 3 is 2.51 bits per heavy atom. The lowest BCUT2D eigenvalue weighted by atomic mass is 9.58. The van der Waals surface area contributed by atoms with Crippen LogP contribution in [0.25, 0.3) is 0 Å². The van der Waals surface area contributed by atoms with Gasteiger partial charge in [-0.15, -0.1) is 0 Å². The highest BCUT2D eigenvalue weighted by molar-refractivity contribution is 5.60. The van der Waals surface area contributed by atoms with Gasteiger partial charge in [0.05, 0.1) is 0 Å². The van der Waals surface area contributed by atoms with Crippen molar-refractivity contribution >= 4 is 6.21 Å². The first-order valence-electron chi connectivity index (χ1n) is 21.4. The Morgan fingerprint density at radius 2 is 1.65 bits per heavy atom. The van der Waals surface area contributed by atoms with Gasteiger partial charge in [-0.3, -0.25) is 4.99 Å². The summed E-state index contributed by atoms with van der Waals surface area (Å²) in [6, 6.07) is 1.01. The Morgan fingerprint density at radius 1 is 0.816 bits per heavy atom. The maximum atomic E-state index is 7.03. The van der Waals surface area contributed by atoms with Crippen molar-refractivity contribution in [2.75, 3.05) is 13.1 Å². The van der Waals surface area contributed by atoms with Crippen LogP contribution in [0, 0.1) is 65.1 Å². The normalized spacial score (nSPS) is 40.7. The quantitative estimate of drug-likeness (QED) is 0.204. The fraction of sp³-hybridized carbons (Fsp3) is 0.761. The second-order valence-electron chi connectivity index (χ2n) is 17.9. The van der Waals surface area contributed by atoms with Crippen molar-refractivity contribution in [3.05, 3.63) is 60.3 Å². The third-order valence-corrected chi connectivity index (χ3v) is 15.0. The SMILES string of the molecule is C/C(=C\CC(CNC1CCC2CCC=CC2C1)[C@H]1C=CCCC1C1C=CCCC1)C1CCC([C@@H](N)C/C=C/C2CC=NC2)C2CCCCC12. The molecule has 13 atom stereocenters. The summed E-state index contributed by atoms with van der Waals surface area (Å²) in [5.41, 5.74) is 8.75. The molecule has 0 aromatic rings. The Labute approximate surface area is 300 Å². The van der Waals surface area contributed by atoms with Crippen molar-refractivity contribution in [3.63, 3.8) is 0 Å². The summed E-state index contributed by atoms with van der Waals surface area (Å²) < 4.78 is 0. The molecule has 49 heavy (non-hydrogen) atoms. The molecule has 3 saturated carbocycles.